The number of amides is 2. The van der Waals surface area contributed by atoms with Crippen LogP contribution in [0.5, 0.6) is 0 Å². The van der Waals surface area contributed by atoms with Gasteiger partial charge in [0, 0.05) is 28.4 Å². The quantitative estimate of drug-likeness (QED) is 0.594. The topological polar surface area (TPSA) is 75.3 Å². The van der Waals surface area contributed by atoms with Gasteiger partial charge in [0.2, 0.25) is 5.91 Å². The van der Waals surface area contributed by atoms with Gasteiger partial charge in [-0.25, -0.2) is 0 Å². The molecule has 142 valence electrons. The van der Waals surface area contributed by atoms with Gasteiger partial charge in [-0.15, -0.1) is 0 Å². The summed E-state index contributed by atoms with van der Waals surface area (Å²) in [6.45, 7) is 13.4. The normalized spacial score (nSPS) is 12.5. The highest BCUT2D eigenvalue weighted by Crippen LogP contribution is 2.26. The Hall–Kier alpha value is -2.43. The number of hydrogen-bond donors (Lipinski definition) is 2. The van der Waals surface area contributed by atoms with E-state index in [1.807, 2.05) is 13.8 Å². The minimum atomic E-state index is -0.370. The fraction of sp³-hybridized carbons (Fsp3) is 0.476. The summed E-state index contributed by atoms with van der Waals surface area (Å²) in [5, 5.41) is 5.67. The van der Waals surface area contributed by atoms with Crippen LogP contribution in [0.15, 0.2) is 35.9 Å². The molecule has 1 rings (SSSR count). The van der Waals surface area contributed by atoms with E-state index in [0.717, 1.165) is 6.42 Å². The van der Waals surface area contributed by atoms with Gasteiger partial charge in [0.05, 0.1) is 0 Å². The highest BCUT2D eigenvalue weighted by molar-refractivity contribution is 6.07. The van der Waals surface area contributed by atoms with E-state index < -0.39 is 0 Å². The highest BCUT2D eigenvalue weighted by atomic mass is 16.2. The number of ketones is 1. The molecule has 2 N–H and O–H groups in total. The van der Waals surface area contributed by atoms with E-state index in [2.05, 4.69) is 31.4 Å². The number of carbonyl (C=O) groups is 3. The Balaban J connectivity index is 2.71. The van der Waals surface area contributed by atoms with E-state index in [-0.39, 0.29) is 28.6 Å². The zero-order valence-electron chi connectivity index (χ0n) is 16.8. The number of Topliss-reactive ketones (excluding diaryl/α,β-unsaturated/α-hetero) is 1. The van der Waals surface area contributed by atoms with Gasteiger partial charge < -0.3 is 10.6 Å². The number of anilines is 1. The van der Waals surface area contributed by atoms with Crippen molar-refractivity contribution >= 4 is 23.3 Å². The molecule has 0 aromatic heterocycles. The summed E-state index contributed by atoms with van der Waals surface area (Å²) in [6.07, 6.45) is 2.12. The van der Waals surface area contributed by atoms with Gasteiger partial charge in [-0.05, 0) is 63.8 Å². The van der Waals surface area contributed by atoms with Crippen molar-refractivity contribution in [2.45, 2.75) is 60.4 Å². The van der Waals surface area contributed by atoms with Crippen molar-refractivity contribution in [3.63, 3.8) is 0 Å². The Labute approximate surface area is 156 Å². The molecule has 0 radical (unpaired) electrons. The van der Waals surface area contributed by atoms with Gasteiger partial charge in [0.15, 0.2) is 5.78 Å². The number of carbonyl (C=O) groups excluding carboxylic acids is 3. The number of rotatable bonds is 6. The molecule has 0 atom stereocenters. The van der Waals surface area contributed by atoms with Crippen molar-refractivity contribution in [3.05, 3.63) is 41.5 Å². The number of benzene rings is 1. The molecule has 0 bridgehead atoms. The molecule has 0 fully saturated rings. The van der Waals surface area contributed by atoms with Crippen LogP contribution in [0.25, 0.3) is 0 Å². The Morgan fingerprint density at radius 2 is 1.50 bits per heavy atom. The van der Waals surface area contributed by atoms with E-state index >= 15 is 0 Å². The van der Waals surface area contributed by atoms with Crippen molar-refractivity contribution < 1.29 is 14.4 Å². The fourth-order valence-electron chi connectivity index (χ4n) is 3.02. The molecule has 1 aromatic rings. The van der Waals surface area contributed by atoms with Crippen molar-refractivity contribution in [3.8, 4) is 0 Å². The van der Waals surface area contributed by atoms with Crippen molar-refractivity contribution in [1.82, 2.24) is 5.32 Å². The van der Waals surface area contributed by atoms with Crippen molar-refractivity contribution in [2.24, 2.45) is 5.41 Å². The first kappa shape index (κ1) is 21.6. The first-order valence-electron chi connectivity index (χ1n) is 8.72. The minimum absolute atomic E-state index is 0.0338. The van der Waals surface area contributed by atoms with Gasteiger partial charge in [-0.2, -0.15) is 0 Å². The Morgan fingerprint density at radius 3 is 1.96 bits per heavy atom. The molecule has 26 heavy (non-hydrogen) atoms. The average molecular weight is 358 g/mol. The van der Waals surface area contributed by atoms with Crippen LogP contribution in [0.1, 0.15) is 65.2 Å². The van der Waals surface area contributed by atoms with Crippen LogP contribution in [0.2, 0.25) is 0 Å². The minimum Gasteiger partial charge on any atom is -0.348 e. The van der Waals surface area contributed by atoms with Crippen molar-refractivity contribution in [2.75, 3.05) is 5.32 Å². The van der Waals surface area contributed by atoms with Crippen LogP contribution in [-0.2, 0) is 9.59 Å². The summed E-state index contributed by atoms with van der Waals surface area (Å²) in [4.78, 5) is 35.7. The number of nitrogens with one attached hydrogen (secondary N) is 2. The molecule has 5 heteroatoms. The van der Waals surface area contributed by atoms with Crippen LogP contribution < -0.4 is 10.6 Å². The van der Waals surface area contributed by atoms with Crippen LogP contribution in [-0.4, -0.2) is 23.1 Å². The molecule has 0 heterocycles. The SMILES string of the molecule is CC(=O)c1ccc(NC(=O)/C(C)=C\C(=O)NC(C)(C)CC(C)(C)C)cc1. The summed E-state index contributed by atoms with van der Waals surface area (Å²) >= 11 is 0. The maximum atomic E-state index is 12.2. The maximum absolute atomic E-state index is 12.2. The number of hydrogen-bond acceptors (Lipinski definition) is 3. The Bertz CT molecular complexity index is 708. The second kappa shape index (κ2) is 8.30. The highest BCUT2D eigenvalue weighted by Gasteiger charge is 2.26. The van der Waals surface area contributed by atoms with Gasteiger partial charge >= 0.3 is 0 Å². The summed E-state index contributed by atoms with van der Waals surface area (Å²) in [6, 6.07) is 6.63. The van der Waals surface area contributed by atoms with E-state index in [4.69, 9.17) is 0 Å². The predicted molar refractivity (Wildman–Crippen MR) is 105 cm³/mol. The zero-order chi connectivity index (χ0) is 20.1. The fourth-order valence-corrected chi connectivity index (χ4v) is 3.02. The van der Waals surface area contributed by atoms with E-state index in [0.29, 0.717) is 16.8 Å². The maximum Gasteiger partial charge on any atom is 0.251 e. The molecule has 0 spiro atoms. The zero-order valence-corrected chi connectivity index (χ0v) is 16.8. The third kappa shape index (κ3) is 7.64. The van der Waals surface area contributed by atoms with Crippen LogP contribution in [0.4, 0.5) is 5.69 Å². The molecule has 2 amide bonds. The molecule has 0 saturated heterocycles. The van der Waals surface area contributed by atoms with Gasteiger partial charge in [-0.1, -0.05) is 20.8 Å². The molecule has 0 unspecified atom stereocenters. The molecule has 0 aliphatic rings. The van der Waals surface area contributed by atoms with Crippen LogP contribution >= 0.6 is 0 Å². The largest absolute Gasteiger partial charge is 0.348 e. The monoisotopic (exact) mass is 358 g/mol. The second-order valence-electron chi connectivity index (χ2n) is 8.53. The lowest BCUT2D eigenvalue weighted by atomic mass is 9.82. The third-order valence-corrected chi connectivity index (χ3v) is 3.69. The summed E-state index contributed by atoms with van der Waals surface area (Å²) in [5.41, 5.74) is 1.17. The smallest absolute Gasteiger partial charge is 0.251 e. The van der Waals surface area contributed by atoms with E-state index in [1.54, 1.807) is 31.2 Å². The Kier molecular flexibility index (Phi) is 6.90. The molecule has 0 aliphatic heterocycles. The Morgan fingerprint density at radius 1 is 0.962 bits per heavy atom. The van der Waals surface area contributed by atoms with Gasteiger partial charge in [0.1, 0.15) is 0 Å². The second-order valence-corrected chi connectivity index (χ2v) is 8.53. The average Bonchev–Trinajstić information content (AvgIpc) is 2.44. The van der Waals surface area contributed by atoms with Crippen LogP contribution in [0.3, 0.4) is 0 Å². The van der Waals surface area contributed by atoms with Crippen LogP contribution in [0, 0.1) is 5.41 Å². The molecular weight excluding hydrogens is 328 g/mol. The molecular formula is C21H30N2O3. The first-order valence-corrected chi connectivity index (χ1v) is 8.72. The van der Waals surface area contributed by atoms with Gasteiger partial charge in [0.25, 0.3) is 5.91 Å². The molecule has 5 nitrogen and oxygen atoms in total. The summed E-state index contributed by atoms with van der Waals surface area (Å²) < 4.78 is 0. The van der Waals surface area contributed by atoms with E-state index in [1.165, 1.54) is 13.0 Å². The lowest BCUT2D eigenvalue weighted by Crippen LogP contribution is -2.45. The molecule has 1 aromatic carbocycles. The summed E-state index contributed by atoms with van der Waals surface area (Å²) in [5.74, 6) is -0.684. The summed E-state index contributed by atoms with van der Waals surface area (Å²) in [7, 11) is 0. The van der Waals surface area contributed by atoms with Crippen molar-refractivity contribution in [1.29, 1.82) is 0 Å². The standard InChI is InChI=1S/C21H30N2O3/c1-14(12-18(25)23-21(6,7)13-20(3,4)5)19(26)22-17-10-8-16(9-11-17)15(2)24/h8-12H,13H2,1-7H3,(H,22,26)(H,23,25)/b14-12-. The third-order valence-electron chi connectivity index (χ3n) is 3.69. The first-order chi connectivity index (χ1) is 11.8. The molecule has 0 saturated carbocycles. The lowest BCUT2D eigenvalue weighted by Gasteiger charge is -2.33. The lowest BCUT2D eigenvalue weighted by molar-refractivity contribution is -0.119. The van der Waals surface area contributed by atoms with E-state index in [9.17, 15) is 14.4 Å². The molecule has 0 aliphatic carbocycles. The van der Waals surface area contributed by atoms with Gasteiger partial charge in [-0.3, -0.25) is 14.4 Å². The predicted octanol–water partition coefficient (Wildman–Crippen LogP) is 4.11.